The highest BCUT2D eigenvalue weighted by molar-refractivity contribution is 7.86. The molecule has 0 radical (unpaired) electrons. The van der Waals surface area contributed by atoms with Gasteiger partial charge in [0, 0.05) is 0 Å². The van der Waals surface area contributed by atoms with Crippen LogP contribution in [0.15, 0.2) is 21.9 Å². The van der Waals surface area contributed by atoms with Gasteiger partial charge < -0.3 is 18.9 Å². The Balaban J connectivity index is 2.67. The highest BCUT2D eigenvalue weighted by atomic mass is 32.2. The number of hydrogen-bond donors (Lipinski definition) is 2. The standard InChI is InChI=1S/C18H22O10S2Si/c1-25-11-7-9-10-8-12(26-2)14(28-4)16(30(22,23)24)18(10)31(5,6)17(9)15(13(11)27-3)29(19,20)21/h7-8H,1-6H3,(H,19,20,21)(H,22,23,24). The Hall–Kier alpha value is -2.32. The third-order valence-electron chi connectivity index (χ3n) is 5.31. The van der Waals surface area contributed by atoms with Crippen LogP contribution in [-0.4, -0.2) is 62.5 Å². The number of ether oxygens (including phenoxy) is 4. The molecule has 2 aromatic carbocycles. The normalized spacial score (nSPS) is 14.6. The molecule has 0 amide bonds. The molecule has 1 aliphatic heterocycles. The second-order valence-corrected chi connectivity index (χ2v) is 14.3. The molecule has 1 aliphatic rings. The molecule has 170 valence electrons. The summed E-state index contributed by atoms with van der Waals surface area (Å²) in [6.45, 7) is 3.39. The quantitative estimate of drug-likeness (QED) is 0.444. The van der Waals surface area contributed by atoms with Gasteiger partial charge in [-0.15, -0.1) is 0 Å². The zero-order valence-corrected chi connectivity index (χ0v) is 20.3. The van der Waals surface area contributed by atoms with Gasteiger partial charge in [0.05, 0.1) is 28.4 Å². The first-order valence-electron chi connectivity index (χ1n) is 8.79. The van der Waals surface area contributed by atoms with E-state index in [0.29, 0.717) is 11.1 Å². The summed E-state index contributed by atoms with van der Waals surface area (Å²) in [6.07, 6.45) is 0. The van der Waals surface area contributed by atoms with Crippen molar-refractivity contribution in [3.05, 3.63) is 12.1 Å². The SMILES string of the molecule is COc1cc2c(c(S(=O)(=O)O)c1OC)[Si](C)(C)c1c-2cc(OC)c(OC)c1S(=O)(=O)O. The zero-order valence-electron chi connectivity index (χ0n) is 17.6. The lowest BCUT2D eigenvalue weighted by Crippen LogP contribution is -2.52. The maximum atomic E-state index is 12.4. The summed E-state index contributed by atoms with van der Waals surface area (Å²) in [7, 11) is -7.78. The first kappa shape index (κ1) is 23.3. The van der Waals surface area contributed by atoms with Crippen molar-refractivity contribution in [2.75, 3.05) is 28.4 Å². The molecule has 0 bridgehead atoms. The Bertz CT molecular complexity index is 1200. The van der Waals surface area contributed by atoms with E-state index in [1.54, 1.807) is 13.1 Å². The Labute approximate surface area is 181 Å². The maximum Gasteiger partial charge on any atom is 0.298 e. The molecule has 0 atom stereocenters. The van der Waals surface area contributed by atoms with Crippen LogP contribution in [0.25, 0.3) is 11.1 Å². The summed E-state index contributed by atoms with van der Waals surface area (Å²) < 4.78 is 90.9. The van der Waals surface area contributed by atoms with E-state index in [9.17, 15) is 25.9 Å². The summed E-state index contributed by atoms with van der Waals surface area (Å²) in [5.74, 6) is -0.363. The second kappa shape index (κ2) is 7.38. The van der Waals surface area contributed by atoms with Gasteiger partial charge in [-0.2, -0.15) is 16.8 Å². The zero-order chi connectivity index (χ0) is 23.5. The minimum atomic E-state index is -4.82. The molecule has 31 heavy (non-hydrogen) atoms. The molecular weight excluding hydrogens is 468 g/mol. The fourth-order valence-corrected chi connectivity index (χ4v) is 11.5. The molecule has 0 aliphatic carbocycles. The van der Waals surface area contributed by atoms with Gasteiger partial charge in [0.25, 0.3) is 20.2 Å². The van der Waals surface area contributed by atoms with Crippen LogP contribution in [0.2, 0.25) is 13.1 Å². The van der Waals surface area contributed by atoms with E-state index in [1.165, 1.54) is 40.6 Å². The molecule has 2 N–H and O–H groups in total. The van der Waals surface area contributed by atoms with Gasteiger partial charge in [-0.25, -0.2) is 0 Å². The summed E-state index contributed by atoms with van der Waals surface area (Å²) in [5.41, 5.74) is 0.644. The maximum absolute atomic E-state index is 12.4. The van der Waals surface area contributed by atoms with E-state index in [-0.39, 0.29) is 33.4 Å². The van der Waals surface area contributed by atoms with Gasteiger partial charge in [-0.1, -0.05) is 13.1 Å². The minimum Gasteiger partial charge on any atom is -0.493 e. The van der Waals surface area contributed by atoms with Gasteiger partial charge in [0.15, 0.2) is 23.0 Å². The summed E-state index contributed by atoms with van der Waals surface area (Å²) in [6, 6.07) is 3.01. The van der Waals surface area contributed by atoms with Crippen LogP contribution in [0.3, 0.4) is 0 Å². The molecule has 2 aromatic rings. The number of rotatable bonds is 6. The van der Waals surface area contributed by atoms with Crippen molar-refractivity contribution in [3.63, 3.8) is 0 Å². The van der Waals surface area contributed by atoms with E-state index in [4.69, 9.17) is 18.9 Å². The van der Waals surface area contributed by atoms with Crippen molar-refractivity contribution in [2.24, 2.45) is 0 Å². The van der Waals surface area contributed by atoms with Crippen molar-refractivity contribution < 1.29 is 44.9 Å². The van der Waals surface area contributed by atoms with Crippen LogP contribution in [0.4, 0.5) is 0 Å². The van der Waals surface area contributed by atoms with Crippen LogP contribution in [0.5, 0.6) is 23.0 Å². The van der Waals surface area contributed by atoms with Crippen LogP contribution in [0.1, 0.15) is 0 Å². The Morgan fingerprint density at radius 1 is 0.677 bits per heavy atom. The fourth-order valence-electron chi connectivity index (χ4n) is 4.21. The summed E-state index contributed by atoms with van der Waals surface area (Å²) in [5, 5.41) is 0.422. The number of hydrogen-bond acceptors (Lipinski definition) is 8. The molecule has 0 unspecified atom stereocenters. The van der Waals surface area contributed by atoms with Crippen LogP contribution in [-0.2, 0) is 20.2 Å². The topological polar surface area (TPSA) is 146 Å². The average Bonchev–Trinajstić information content (AvgIpc) is 2.89. The van der Waals surface area contributed by atoms with Gasteiger partial charge >= 0.3 is 0 Å². The lowest BCUT2D eigenvalue weighted by molar-refractivity contribution is 0.345. The molecule has 0 saturated carbocycles. The highest BCUT2D eigenvalue weighted by Gasteiger charge is 2.49. The van der Waals surface area contributed by atoms with Gasteiger partial charge in [-0.05, 0) is 33.6 Å². The second-order valence-electron chi connectivity index (χ2n) is 7.30. The Morgan fingerprint density at radius 3 is 1.23 bits per heavy atom. The first-order chi connectivity index (χ1) is 14.2. The summed E-state index contributed by atoms with van der Waals surface area (Å²) in [4.78, 5) is -1.01. The number of methoxy groups -OCH3 is 4. The molecule has 10 nitrogen and oxygen atoms in total. The predicted molar refractivity (Wildman–Crippen MR) is 114 cm³/mol. The molecule has 13 heteroatoms. The van der Waals surface area contributed by atoms with E-state index in [0.717, 1.165) is 0 Å². The van der Waals surface area contributed by atoms with E-state index in [1.807, 2.05) is 0 Å². The van der Waals surface area contributed by atoms with Crippen LogP contribution in [0, 0.1) is 0 Å². The van der Waals surface area contributed by atoms with Crippen molar-refractivity contribution >= 4 is 38.7 Å². The van der Waals surface area contributed by atoms with Crippen LogP contribution < -0.4 is 29.3 Å². The van der Waals surface area contributed by atoms with Crippen molar-refractivity contribution in [3.8, 4) is 34.1 Å². The fraction of sp³-hybridized carbons (Fsp3) is 0.333. The molecule has 0 saturated heterocycles. The van der Waals surface area contributed by atoms with Gasteiger partial charge in [-0.3, -0.25) is 9.11 Å². The molecular formula is C18H22O10S2Si. The highest BCUT2D eigenvalue weighted by Crippen LogP contribution is 2.46. The van der Waals surface area contributed by atoms with Gasteiger partial charge in [0.2, 0.25) is 0 Å². The molecule has 0 fully saturated rings. The third kappa shape index (κ3) is 3.36. The lowest BCUT2D eigenvalue weighted by Gasteiger charge is -2.25. The smallest absolute Gasteiger partial charge is 0.298 e. The minimum absolute atomic E-state index is 0.0229. The Kier molecular flexibility index (Phi) is 5.55. The Morgan fingerprint density at radius 2 is 1.00 bits per heavy atom. The first-order valence-corrected chi connectivity index (χ1v) is 14.7. The monoisotopic (exact) mass is 490 g/mol. The van der Waals surface area contributed by atoms with E-state index in [2.05, 4.69) is 0 Å². The number of benzene rings is 2. The largest absolute Gasteiger partial charge is 0.493 e. The lowest BCUT2D eigenvalue weighted by atomic mass is 10.0. The molecule has 0 aromatic heterocycles. The number of fused-ring (bicyclic) bond motifs is 3. The molecule has 0 spiro atoms. The molecule has 1 heterocycles. The van der Waals surface area contributed by atoms with Gasteiger partial charge in [0.1, 0.15) is 17.9 Å². The van der Waals surface area contributed by atoms with Crippen LogP contribution >= 0.6 is 0 Å². The third-order valence-corrected chi connectivity index (χ3v) is 11.0. The van der Waals surface area contributed by atoms with Crippen molar-refractivity contribution in [1.82, 2.24) is 0 Å². The van der Waals surface area contributed by atoms with E-state index >= 15 is 0 Å². The predicted octanol–water partition coefficient (Wildman–Crippen LogP) is 1.02. The molecule has 3 rings (SSSR count). The van der Waals surface area contributed by atoms with E-state index < -0.39 is 38.1 Å². The van der Waals surface area contributed by atoms with Crippen molar-refractivity contribution in [1.29, 1.82) is 0 Å². The van der Waals surface area contributed by atoms with Crippen molar-refractivity contribution in [2.45, 2.75) is 22.9 Å². The summed E-state index contributed by atoms with van der Waals surface area (Å²) >= 11 is 0. The average molecular weight is 491 g/mol.